The Morgan fingerprint density at radius 3 is 2.88 bits per heavy atom. The third-order valence-corrected chi connectivity index (χ3v) is 3.85. The summed E-state index contributed by atoms with van der Waals surface area (Å²) in [6.07, 6.45) is 5.59. The standard InChI is InChI=1S/C14H21NO/c1-15-14(10-11-16)9-5-4-7-12-6-2-3-8-13(12)14/h2-3,6,8,15-16H,4-5,7,9-11H2,1H3. The van der Waals surface area contributed by atoms with Gasteiger partial charge in [-0.05, 0) is 43.9 Å². The molecule has 0 saturated carbocycles. The minimum atomic E-state index is -0.0121. The number of aryl methyl sites for hydroxylation is 1. The first-order valence-electron chi connectivity index (χ1n) is 6.20. The number of rotatable bonds is 3. The van der Waals surface area contributed by atoms with Gasteiger partial charge >= 0.3 is 0 Å². The Hall–Kier alpha value is -0.860. The Labute approximate surface area is 97.7 Å². The zero-order valence-corrected chi connectivity index (χ0v) is 10.00. The second-order valence-corrected chi connectivity index (χ2v) is 4.67. The molecular formula is C14H21NO. The summed E-state index contributed by atoms with van der Waals surface area (Å²) in [4.78, 5) is 0. The molecule has 2 N–H and O–H groups in total. The van der Waals surface area contributed by atoms with Crippen LogP contribution in [0.4, 0.5) is 0 Å². The van der Waals surface area contributed by atoms with Gasteiger partial charge in [0.15, 0.2) is 0 Å². The SMILES string of the molecule is CNC1(CCO)CCCCc2ccccc21. The van der Waals surface area contributed by atoms with Crippen LogP contribution in [0.1, 0.15) is 36.8 Å². The normalized spacial score (nSPS) is 24.9. The summed E-state index contributed by atoms with van der Waals surface area (Å²) in [5, 5.41) is 12.7. The number of fused-ring (bicyclic) bond motifs is 1. The summed E-state index contributed by atoms with van der Waals surface area (Å²) in [6, 6.07) is 8.66. The first kappa shape index (κ1) is 11.6. The van der Waals surface area contributed by atoms with E-state index in [2.05, 4.69) is 29.6 Å². The van der Waals surface area contributed by atoms with Crippen LogP contribution in [0.2, 0.25) is 0 Å². The molecule has 0 aromatic heterocycles. The van der Waals surface area contributed by atoms with Gasteiger partial charge in [-0.25, -0.2) is 0 Å². The minimum absolute atomic E-state index is 0.0121. The second-order valence-electron chi connectivity index (χ2n) is 4.67. The first-order valence-corrected chi connectivity index (χ1v) is 6.20. The van der Waals surface area contributed by atoms with Crippen LogP contribution in [0.5, 0.6) is 0 Å². The second kappa shape index (κ2) is 4.98. The number of hydrogen-bond acceptors (Lipinski definition) is 2. The van der Waals surface area contributed by atoms with E-state index in [1.807, 2.05) is 7.05 Å². The molecule has 1 aliphatic carbocycles. The molecular weight excluding hydrogens is 198 g/mol. The van der Waals surface area contributed by atoms with Crippen molar-refractivity contribution >= 4 is 0 Å². The van der Waals surface area contributed by atoms with Crippen molar-refractivity contribution in [2.24, 2.45) is 0 Å². The highest BCUT2D eigenvalue weighted by atomic mass is 16.3. The third-order valence-electron chi connectivity index (χ3n) is 3.85. The largest absolute Gasteiger partial charge is 0.396 e. The number of hydrogen-bond donors (Lipinski definition) is 2. The van der Waals surface area contributed by atoms with E-state index in [0.29, 0.717) is 0 Å². The van der Waals surface area contributed by atoms with E-state index in [0.717, 1.165) is 12.8 Å². The number of aliphatic hydroxyl groups excluding tert-OH is 1. The molecule has 16 heavy (non-hydrogen) atoms. The molecule has 0 fully saturated rings. The molecule has 0 aliphatic heterocycles. The molecule has 88 valence electrons. The summed E-state index contributed by atoms with van der Waals surface area (Å²) < 4.78 is 0. The van der Waals surface area contributed by atoms with Gasteiger partial charge in [0.2, 0.25) is 0 Å². The molecule has 1 aromatic rings. The highest BCUT2D eigenvalue weighted by molar-refractivity contribution is 5.35. The summed E-state index contributed by atoms with van der Waals surface area (Å²) in [6.45, 7) is 0.245. The molecule has 0 amide bonds. The lowest BCUT2D eigenvalue weighted by Crippen LogP contribution is -2.41. The van der Waals surface area contributed by atoms with E-state index in [4.69, 9.17) is 0 Å². The van der Waals surface area contributed by atoms with Crippen LogP contribution >= 0.6 is 0 Å². The number of benzene rings is 1. The average molecular weight is 219 g/mol. The van der Waals surface area contributed by atoms with Crippen LogP contribution in [-0.4, -0.2) is 18.8 Å². The van der Waals surface area contributed by atoms with Crippen molar-refractivity contribution in [3.63, 3.8) is 0 Å². The zero-order valence-electron chi connectivity index (χ0n) is 10.00. The molecule has 0 saturated heterocycles. The molecule has 1 aliphatic rings. The van der Waals surface area contributed by atoms with Gasteiger partial charge in [0.1, 0.15) is 0 Å². The van der Waals surface area contributed by atoms with E-state index in [-0.39, 0.29) is 12.1 Å². The molecule has 0 bridgehead atoms. The van der Waals surface area contributed by atoms with Gasteiger partial charge in [-0.1, -0.05) is 30.7 Å². The fourth-order valence-corrected chi connectivity index (χ4v) is 2.92. The Morgan fingerprint density at radius 2 is 2.12 bits per heavy atom. The highest BCUT2D eigenvalue weighted by Gasteiger charge is 2.32. The smallest absolute Gasteiger partial charge is 0.0456 e. The predicted octanol–water partition coefficient (Wildman–Crippen LogP) is 2.21. The lowest BCUT2D eigenvalue weighted by atomic mass is 9.82. The molecule has 1 unspecified atom stereocenters. The highest BCUT2D eigenvalue weighted by Crippen LogP contribution is 2.36. The number of nitrogens with one attached hydrogen (secondary N) is 1. The summed E-state index contributed by atoms with van der Waals surface area (Å²) in [5.41, 5.74) is 2.83. The lowest BCUT2D eigenvalue weighted by molar-refractivity contribution is 0.206. The topological polar surface area (TPSA) is 32.3 Å². The van der Waals surface area contributed by atoms with Crippen LogP contribution in [0, 0.1) is 0 Å². The van der Waals surface area contributed by atoms with Crippen molar-refractivity contribution in [1.82, 2.24) is 5.32 Å². The van der Waals surface area contributed by atoms with E-state index in [1.165, 1.54) is 30.4 Å². The van der Waals surface area contributed by atoms with Gasteiger partial charge < -0.3 is 10.4 Å². The van der Waals surface area contributed by atoms with Crippen molar-refractivity contribution in [3.05, 3.63) is 35.4 Å². The summed E-state index contributed by atoms with van der Waals surface area (Å²) in [5.74, 6) is 0. The van der Waals surface area contributed by atoms with E-state index in [9.17, 15) is 5.11 Å². The van der Waals surface area contributed by atoms with Crippen molar-refractivity contribution in [1.29, 1.82) is 0 Å². The summed E-state index contributed by atoms with van der Waals surface area (Å²) >= 11 is 0. The fourth-order valence-electron chi connectivity index (χ4n) is 2.92. The fraction of sp³-hybridized carbons (Fsp3) is 0.571. The lowest BCUT2D eigenvalue weighted by Gasteiger charge is -2.34. The van der Waals surface area contributed by atoms with E-state index < -0.39 is 0 Å². The average Bonchev–Trinajstić information content (AvgIpc) is 2.51. The maximum atomic E-state index is 9.29. The van der Waals surface area contributed by atoms with Gasteiger partial charge in [-0.3, -0.25) is 0 Å². The van der Waals surface area contributed by atoms with Crippen molar-refractivity contribution in [2.45, 2.75) is 37.6 Å². The molecule has 0 radical (unpaired) electrons. The van der Waals surface area contributed by atoms with Gasteiger partial charge in [0, 0.05) is 12.1 Å². The van der Waals surface area contributed by atoms with Gasteiger partial charge in [0.25, 0.3) is 0 Å². The van der Waals surface area contributed by atoms with E-state index in [1.54, 1.807) is 0 Å². The van der Waals surface area contributed by atoms with Crippen molar-refractivity contribution in [2.75, 3.05) is 13.7 Å². The molecule has 2 heteroatoms. The van der Waals surface area contributed by atoms with Gasteiger partial charge in [0.05, 0.1) is 0 Å². The molecule has 0 heterocycles. The molecule has 2 nitrogen and oxygen atoms in total. The van der Waals surface area contributed by atoms with Gasteiger partial charge in [-0.2, -0.15) is 0 Å². The van der Waals surface area contributed by atoms with Gasteiger partial charge in [-0.15, -0.1) is 0 Å². The first-order chi connectivity index (χ1) is 7.82. The Morgan fingerprint density at radius 1 is 1.31 bits per heavy atom. The monoisotopic (exact) mass is 219 g/mol. The number of aliphatic hydroxyl groups is 1. The van der Waals surface area contributed by atoms with Crippen LogP contribution in [0.25, 0.3) is 0 Å². The predicted molar refractivity (Wildman–Crippen MR) is 66.4 cm³/mol. The molecule has 0 spiro atoms. The summed E-state index contributed by atoms with van der Waals surface area (Å²) in [7, 11) is 2.01. The van der Waals surface area contributed by atoms with E-state index >= 15 is 0 Å². The maximum absolute atomic E-state index is 9.29. The van der Waals surface area contributed by atoms with Crippen molar-refractivity contribution < 1.29 is 5.11 Å². The van der Waals surface area contributed by atoms with Crippen molar-refractivity contribution in [3.8, 4) is 0 Å². The molecule has 1 atom stereocenters. The molecule has 1 aromatic carbocycles. The van der Waals surface area contributed by atoms with Crippen LogP contribution < -0.4 is 5.32 Å². The quantitative estimate of drug-likeness (QED) is 0.764. The Balaban J connectivity index is 2.44. The van der Waals surface area contributed by atoms with Crippen LogP contribution in [0.15, 0.2) is 24.3 Å². The van der Waals surface area contributed by atoms with Crippen LogP contribution in [0.3, 0.4) is 0 Å². The van der Waals surface area contributed by atoms with Crippen LogP contribution in [-0.2, 0) is 12.0 Å². The zero-order chi connectivity index (χ0) is 11.4. The molecule has 2 rings (SSSR count). The maximum Gasteiger partial charge on any atom is 0.0456 e. The third kappa shape index (κ3) is 2.00. The Kier molecular flexibility index (Phi) is 3.62. The Bertz CT molecular complexity index is 350. The minimum Gasteiger partial charge on any atom is -0.396 e.